The summed E-state index contributed by atoms with van der Waals surface area (Å²) in [5.74, 6) is 0. The topological polar surface area (TPSA) is 17.1 Å². The number of carbonyl (C=O) groups excluding carboxylic acids is 1. The summed E-state index contributed by atoms with van der Waals surface area (Å²) in [6.07, 6.45) is -0.314. The monoisotopic (exact) mass is 150 g/mol. The molecule has 0 amide bonds. The van der Waals surface area contributed by atoms with Crippen LogP contribution in [0, 0.1) is 0 Å². The van der Waals surface area contributed by atoms with Gasteiger partial charge in [-0.25, -0.2) is 0 Å². The van der Waals surface area contributed by atoms with Crippen LogP contribution in [0.15, 0.2) is 12.2 Å². The van der Waals surface area contributed by atoms with Crippen molar-refractivity contribution >= 4 is 20.4 Å². The van der Waals surface area contributed by atoms with E-state index >= 15 is 0 Å². The van der Waals surface area contributed by atoms with Gasteiger partial charge >= 0.3 is 51.9 Å². The molecular formula is C4H6BF2OP. The van der Waals surface area contributed by atoms with Gasteiger partial charge in [-0.1, -0.05) is 0 Å². The molecule has 0 aromatic carbocycles. The van der Waals surface area contributed by atoms with Crippen LogP contribution in [-0.2, 0) is 4.79 Å². The Hall–Kier alpha value is -0.235. The van der Waals surface area contributed by atoms with Crippen molar-refractivity contribution in [2.24, 2.45) is 0 Å². The van der Waals surface area contributed by atoms with Crippen LogP contribution in [0.1, 0.15) is 0 Å². The van der Waals surface area contributed by atoms with E-state index in [0.717, 1.165) is 0 Å². The molecule has 1 aliphatic heterocycles. The molecule has 9 heavy (non-hydrogen) atoms. The number of carbonyl (C=O) groups is 1. The molecule has 0 spiro atoms. The SMILES string of the molecule is C=C1C[PH](F)(F)BC1=O. The zero-order valence-electron chi connectivity index (χ0n) is 4.79. The fraction of sp³-hybridized carbons (Fsp3) is 0.250. The second-order valence-corrected chi connectivity index (χ2v) is 4.66. The first-order valence-electron chi connectivity index (χ1n) is 2.60. The van der Waals surface area contributed by atoms with Gasteiger partial charge in [0.05, 0.1) is 0 Å². The molecule has 0 saturated carbocycles. The van der Waals surface area contributed by atoms with Crippen molar-refractivity contribution in [3.05, 3.63) is 12.2 Å². The van der Waals surface area contributed by atoms with Gasteiger partial charge in [-0.15, -0.1) is 0 Å². The van der Waals surface area contributed by atoms with Gasteiger partial charge in [-0.3, -0.25) is 0 Å². The Labute approximate surface area is 52.9 Å². The van der Waals surface area contributed by atoms with Gasteiger partial charge in [-0.05, 0) is 0 Å². The average Bonchev–Trinajstić information content (AvgIpc) is 1.79. The van der Waals surface area contributed by atoms with E-state index in [1.807, 2.05) is 0 Å². The summed E-state index contributed by atoms with van der Waals surface area (Å²) in [5, 5.41) is 0. The Bertz CT molecular complexity index is 161. The quantitative estimate of drug-likeness (QED) is 0.285. The Balaban J connectivity index is 2.76. The molecule has 0 aromatic heterocycles. The van der Waals surface area contributed by atoms with Gasteiger partial charge in [0.25, 0.3) is 0 Å². The Morgan fingerprint density at radius 3 is 2.33 bits per heavy atom. The molecule has 0 aromatic rings. The average molecular weight is 150 g/mol. The molecule has 1 fully saturated rings. The molecule has 0 radical (unpaired) electrons. The van der Waals surface area contributed by atoms with Crippen molar-refractivity contribution in [2.45, 2.75) is 0 Å². The predicted molar refractivity (Wildman–Crippen MR) is 36.7 cm³/mol. The maximum absolute atomic E-state index is 12.3. The number of halogens is 2. The molecule has 0 atom stereocenters. The van der Waals surface area contributed by atoms with Crippen LogP contribution in [0.5, 0.6) is 0 Å². The first kappa shape index (κ1) is 6.88. The van der Waals surface area contributed by atoms with Crippen LogP contribution in [0.3, 0.4) is 0 Å². The summed E-state index contributed by atoms with van der Waals surface area (Å²) in [6, 6.07) is 0. The minimum atomic E-state index is -4.12. The van der Waals surface area contributed by atoms with Crippen LogP contribution < -0.4 is 0 Å². The van der Waals surface area contributed by atoms with E-state index in [1.165, 1.54) is 0 Å². The van der Waals surface area contributed by atoms with Gasteiger partial charge in [0, 0.05) is 0 Å². The van der Waals surface area contributed by atoms with E-state index in [1.54, 1.807) is 0 Å². The molecule has 50 valence electrons. The number of hydrogen-bond acceptors (Lipinski definition) is 1. The van der Waals surface area contributed by atoms with E-state index in [4.69, 9.17) is 0 Å². The third-order valence-electron chi connectivity index (χ3n) is 1.29. The Kier molecular flexibility index (Phi) is 1.43. The van der Waals surface area contributed by atoms with E-state index in [0.29, 0.717) is 0 Å². The summed E-state index contributed by atoms with van der Waals surface area (Å²) in [4.78, 5) is 10.4. The molecule has 5 heteroatoms. The van der Waals surface area contributed by atoms with E-state index in [-0.39, 0.29) is 11.7 Å². The van der Waals surface area contributed by atoms with Gasteiger partial charge in [0.2, 0.25) is 0 Å². The van der Waals surface area contributed by atoms with Crippen LogP contribution in [-0.4, -0.2) is 18.8 Å². The van der Waals surface area contributed by atoms with Gasteiger partial charge in [0.15, 0.2) is 0 Å². The fourth-order valence-corrected chi connectivity index (χ4v) is 2.50. The van der Waals surface area contributed by atoms with Crippen molar-refractivity contribution in [3.8, 4) is 0 Å². The molecule has 0 bridgehead atoms. The summed E-state index contributed by atoms with van der Waals surface area (Å²) < 4.78 is 24.6. The van der Waals surface area contributed by atoms with Gasteiger partial charge in [-0.2, -0.15) is 0 Å². The molecule has 1 saturated heterocycles. The molecule has 0 N–H and O–H groups in total. The van der Waals surface area contributed by atoms with Crippen molar-refractivity contribution in [1.82, 2.24) is 0 Å². The van der Waals surface area contributed by atoms with Crippen molar-refractivity contribution < 1.29 is 13.2 Å². The van der Waals surface area contributed by atoms with E-state index in [2.05, 4.69) is 6.58 Å². The second kappa shape index (κ2) is 1.88. The van der Waals surface area contributed by atoms with Crippen LogP contribution in [0.2, 0.25) is 0 Å². The van der Waals surface area contributed by atoms with Gasteiger partial charge < -0.3 is 0 Å². The summed E-state index contributed by atoms with van der Waals surface area (Å²) in [5.41, 5.74) is -0.321. The summed E-state index contributed by atoms with van der Waals surface area (Å²) >= 11 is 0. The van der Waals surface area contributed by atoms with Crippen LogP contribution in [0.4, 0.5) is 8.39 Å². The van der Waals surface area contributed by atoms with E-state index in [9.17, 15) is 13.2 Å². The normalized spacial score (nSPS) is 27.8. The van der Waals surface area contributed by atoms with Crippen molar-refractivity contribution in [2.75, 3.05) is 6.16 Å². The molecule has 1 rings (SSSR count). The van der Waals surface area contributed by atoms with E-state index < -0.39 is 20.4 Å². The van der Waals surface area contributed by atoms with Crippen molar-refractivity contribution in [3.63, 3.8) is 0 Å². The zero-order valence-corrected chi connectivity index (χ0v) is 5.79. The molecule has 1 heterocycles. The molecular weight excluding hydrogens is 144 g/mol. The Morgan fingerprint density at radius 2 is 2.22 bits per heavy atom. The third kappa shape index (κ3) is 1.36. The Morgan fingerprint density at radius 1 is 1.67 bits per heavy atom. The molecule has 0 aliphatic carbocycles. The standard InChI is InChI=1S/C4H6BF2OP/c1-3-2-9(6,7)5-4(3)8/h5,9H,1-2H2. The first-order chi connectivity index (χ1) is 4.01. The second-order valence-electron chi connectivity index (χ2n) is 2.24. The summed E-state index contributed by atoms with van der Waals surface area (Å²) in [7, 11) is -4.12. The third-order valence-corrected chi connectivity index (χ3v) is 3.07. The molecule has 0 unspecified atom stereocenters. The molecule has 1 nitrogen and oxygen atoms in total. The van der Waals surface area contributed by atoms with Crippen molar-refractivity contribution in [1.29, 1.82) is 0 Å². The number of allylic oxidation sites excluding steroid dienone is 1. The minimum absolute atomic E-state index is 0.117. The van der Waals surface area contributed by atoms with Crippen LogP contribution >= 0.6 is 7.76 Å². The zero-order chi connectivity index (χ0) is 7.07. The summed E-state index contributed by atoms with van der Waals surface area (Å²) in [6.45, 7) is 2.73. The predicted octanol–water partition coefficient (Wildman–Crippen LogP) is 0.953. The van der Waals surface area contributed by atoms with Gasteiger partial charge in [0.1, 0.15) is 0 Å². The number of rotatable bonds is 0. The number of hydrogen-bond donors (Lipinski definition) is 0. The fourth-order valence-electron chi connectivity index (χ4n) is 0.833. The first-order valence-corrected chi connectivity index (χ1v) is 4.77. The molecule has 1 aliphatic rings. The van der Waals surface area contributed by atoms with Crippen LogP contribution in [0.25, 0.3) is 0 Å². The maximum atomic E-state index is 12.3.